The van der Waals surface area contributed by atoms with Crippen LogP contribution < -0.4 is 10.5 Å². The first-order valence-corrected chi connectivity index (χ1v) is 6.43. The monoisotopic (exact) mass is 243 g/mol. The number of anilines is 2. The molecule has 2 nitrogen and oxygen atoms in total. The van der Waals surface area contributed by atoms with Crippen LogP contribution in [0, 0.1) is 6.42 Å². The lowest BCUT2D eigenvalue weighted by Crippen LogP contribution is -2.39. The molecule has 2 aliphatic rings. The normalized spacial score (nSPS) is 16.0. The van der Waals surface area contributed by atoms with E-state index in [0.717, 1.165) is 0 Å². The van der Waals surface area contributed by atoms with E-state index in [1.54, 1.807) is 0 Å². The smallest absolute Gasteiger partial charge is 0.402 e. The van der Waals surface area contributed by atoms with E-state index in [1.165, 1.54) is 27.6 Å². The van der Waals surface area contributed by atoms with Crippen LogP contribution in [0.3, 0.4) is 0 Å². The van der Waals surface area contributed by atoms with Crippen LogP contribution in [0.25, 0.3) is 10.8 Å². The zero-order valence-corrected chi connectivity index (χ0v) is 10.4. The average molecular weight is 243 g/mol. The van der Waals surface area contributed by atoms with Gasteiger partial charge in [-0.2, -0.15) is 0 Å². The molecule has 19 heavy (non-hydrogen) atoms. The average Bonchev–Trinajstić information content (AvgIpc) is 2.49. The molecule has 3 heteroatoms. The maximum atomic E-state index is 3.55. The van der Waals surface area contributed by atoms with Gasteiger partial charge in [0.05, 0.1) is 0 Å². The molecule has 0 aromatic heterocycles. The number of rotatable bonds is 1. The van der Waals surface area contributed by atoms with E-state index in [4.69, 9.17) is 0 Å². The lowest BCUT2D eigenvalue weighted by Gasteiger charge is -2.28. The molecule has 4 rings (SSSR count). The van der Waals surface area contributed by atoms with Crippen molar-refractivity contribution in [2.24, 2.45) is 0 Å². The van der Waals surface area contributed by atoms with Gasteiger partial charge in [-0.05, 0) is 35.1 Å². The largest absolute Gasteiger partial charge is 0.405 e. The van der Waals surface area contributed by atoms with Crippen molar-refractivity contribution in [3.8, 4) is 0 Å². The van der Waals surface area contributed by atoms with E-state index in [2.05, 4.69) is 65.1 Å². The quantitative estimate of drug-likeness (QED) is 0.591. The van der Waals surface area contributed by atoms with Gasteiger partial charge in [-0.25, -0.2) is 0 Å². The molecule has 0 atom stereocenters. The third kappa shape index (κ3) is 1.67. The number of nitrogens with one attached hydrogen (secondary N) is 2. The zero-order valence-electron chi connectivity index (χ0n) is 10.4. The summed E-state index contributed by atoms with van der Waals surface area (Å²) < 4.78 is 0. The Morgan fingerprint density at radius 2 is 1.63 bits per heavy atom. The molecule has 0 amide bonds. The van der Waals surface area contributed by atoms with Gasteiger partial charge in [-0.15, -0.1) is 5.73 Å². The summed E-state index contributed by atoms with van der Waals surface area (Å²) in [6.07, 6.45) is 8.05. The SMILES string of the molecule is C1=C[CH]C(B2Nc3cccc4cccc(c34)N2)=CC=1. The fourth-order valence-corrected chi connectivity index (χ4v) is 2.69. The van der Waals surface area contributed by atoms with Crippen molar-refractivity contribution in [2.75, 3.05) is 10.5 Å². The molecule has 2 N–H and O–H groups in total. The van der Waals surface area contributed by atoms with Crippen molar-refractivity contribution in [2.45, 2.75) is 0 Å². The van der Waals surface area contributed by atoms with E-state index < -0.39 is 0 Å². The Morgan fingerprint density at radius 3 is 2.26 bits per heavy atom. The van der Waals surface area contributed by atoms with Crippen LogP contribution >= 0.6 is 0 Å². The number of benzene rings is 2. The molecule has 0 saturated carbocycles. The predicted molar refractivity (Wildman–Crippen MR) is 82.0 cm³/mol. The third-order valence-electron chi connectivity index (χ3n) is 3.58. The minimum absolute atomic E-state index is 0.107. The van der Waals surface area contributed by atoms with Gasteiger partial charge < -0.3 is 10.5 Å². The third-order valence-corrected chi connectivity index (χ3v) is 3.58. The minimum Gasteiger partial charge on any atom is -0.405 e. The molecule has 1 aliphatic carbocycles. The van der Waals surface area contributed by atoms with Gasteiger partial charge >= 0.3 is 6.98 Å². The Bertz CT molecular complexity index is 714. The van der Waals surface area contributed by atoms with Crippen LogP contribution in [0.1, 0.15) is 0 Å². The molecule has 0 unspecified atom stereocenters. The zero-order chi connectivity index (χ0) is 12.7. The van der Waals surface area contributed by atoms with E-state index in [9.17, 15) is 0 Å². The van der Waals surface area contributed by atoms with Crippen LogP contribution in [0.4, 0.5) is 11.4 Å². The molecule has 2 aromatic rings. The molecule has 0 bridgehead atoms. The lowest BCUT2D eigenvalue weighted by atomic mass is 9.63. The molecule has 2 aromatic carbocycles. The second-order valence-corrected chi connectivity index (χ2v) is 4.76. The van der Waals surface area contributed by atoms with Gasteiger partial charge in [-0.3, -0.25) is 0 Å². The van der Waals surface area contributed by atoms with Gasteiger partial charge in [-0.1, -0.05) is 30.3 Å². The summed E-state index contributed by atoms with van der Waals surface area (Å²) in [5, 5.41) is 9.63. The van der Waals surface area contributed by atoms with Crippen LogP contribution in [-0.2, 0) is 0 Å². The summed E-state index contributed by atoms with van der Waals surface area (Å²) in [7, 11) is 0. The Balaban J connectivity index is 1.81. The second-order valence-electron chi connectivity index (χ2n) is 4.76. The fourth-order valence-electron chi connectivity index (χ4n) is 2.69. The van der Waals surface area contributed by atoms with Crippen LogP contribution in [0.5, 0.6) is 0 Å². The summed E-state index contributed by atoms with van der Waals surface area (Å²) in [4.78, 5) is 0. The first kappa shape index (κ1) is 10.5. The van der Waals surface area contributed by atoms with Gasteiger partial charge in [0.15, 0.2) is 0 Å². The predicted octanol–water partition coefficient (Wildman–Crippen LogP) is 3.56. The number of allylic oxidation sites excluding steroid dienone is 3. The lowest BCUT2D eigenvalue weighted by molar-refractivity contribution is 1.54. The summed E-state index contributed by atoms with van der Waals surface area (Å²) in [5.74, 6) is 0. The summed E-state index contributed by atoms with van der Waals surface area (Å²) >= 11 is 0. The number of hydrogen-bond acceptors (Lipinski definition) is 2. The molecule has 1 heterocycles. The minimum atomic E-state index is 0.107. The maximum absolute atomic E-state index is 3.55. The molecule has 0 spiro atoms. The van der Waals surface area contributed by atoms with Crippen molar-refractivity contribution in [3.63, 3.8) is 0 Å². The van der Waals surface area contributed by atoms with Crippen molar-refractivity contribution < 1.29 is 0 Å². The second kappa shape index (κ2) is 4.08. The first-order valence-electron chi connectivity index (χ1n) is 6.43. The van der Waals surface area contributed by atoms with Crippen LogP contribution in [0.2, 0.25) is 0 Å². The van der Waals surface area contributed by atoms with Gasteiger partial charge in [0.1, 0.15) is 0 Å². The molecule has 89 valence electrons. The summed E-state index contributed by atoms with van der Waals surface area (Å²) in [5.41, 5.74) is 6.64. The van der Waals surface area contributed by atoms with E-state index >= 15 is 0 Å². The Hall–Kier alpha value is -2.38. The van der Waals surface area contributed by atoms with Crippen LogP contribution in [-0.4, -0.2) is 6.98 Å². The molecule has 0 fully saturated rings. The van der Waals surface area contributed by atoms with Crippen molar-refractivity contribution in [1.29, 1.82) is 0 Å². The van der Waals surface area contributed by atoms with Crippen molar-refractivity contribution in [1.82, 2.24) is 0 Å². The van der Waals surface area contributed by atoms with E-state index in [-0.39, 0.29) is 6.98 Å². The standard InChI is InChI=1S/C16H12BN2/c1-2-8-13(9-3-1)17-18-14-10-4-6-12-7-5-11-15(19-17)16(12)14/h2-11,18-19H. The highest BCUT2D eigenvalue weighted by Crippen LogP contribution is 2.35. The highest BCUT2D eigenvalue weighted by atomic mass is 15.0. The Kier molecular flexibility index (Phi) is 2.26. The van der Waals surface area contributed by atoms with Gasteiger partial charge in [0.2, 0.25) is 0 Å². The molecule has 0 saturated heterocycles. The van der Waals surface area contributed by atoms with Crippen molar-refractivity contribution in [3.05, 3.63) is 72.3 Å². The molecule has 1 radical (unpaired) electrons. The van der Waals surface area contributed by atoms with Gasteiger partial charge in [0.25, 0.3) is 0 Å². The maximum Gasteiger partial charge on any atom is 0.402 e. The topological polar surface area (TPSA) is 24.1 Å². The van der Waals surface area contributed by atoms with E-state index in [1.807, 2.05) is 12.2 Å². The van der Waals surface area contributed by atoms with Crippen LogP contribution in [0.15, 0.2) is 65.8 Å². The first-order chi connectivity index (χ1) is 9.42. The summed E-state index contributed by atoms with van der Waals surface area (Å²) in [6.45, 7) is 0.107. The fraction of sp³-hybridized carbons (Fsp3) is 0. The molecular weight excluding hydrogens is 231 g/mol. The number of hydrogen-bond donors (Lipinski definition) is 2. The summed E-state index contributed by atoms with van der Waals surface area (Å²) in [6, 6.07) is 12.7. The van der Waals surface area contributed by atoms with Crippen molar-refractivity contribution >= 4 is 29.1 Å². The van der Waals surface area contributed by atoms with E-state index in [0.29, 0.717) is 0 Å². The molecule has 1 aliphatic heterocycles. The molecular formula is C16H12BN2. The highest BCUT2D eigenvalue weighted by molar-refractivity contribution is 6.75. The van der Waals surface area contributed by atoms with Gasteiger partial charge in [0, 0.05) is 23.2 Å². The highest BCUT2D eigenvalue weighted by Gasteiger charge is 2.26. The Labute approximate surface area is 112 Å². The Morgan fingerprint density at radius 1 is 0.895 bits per heavy atom.